The van der Waals surface area contributed by atoms with Gasteiger partial charge in [0, 0.05) is 12.2 Å². The molecule has 0 bridgehead atoms. The van der Waals surface area contributed by atoms with Crippen molar-refractivity contribution in [2.45, 2.75) is 26.4 Å². The van der Waals surface area contributed by atoms with Gasteiger partial charge in [0.15, 0.2) is 0 Å². The van der Waals surface area contributed by atoms with Gasteiger partial charge in [0.25, 0.3) is 0 Å². The number of nitrogens with zero attached hydrogens (tertiary/aromatic N) is 1. The summed E-state index contributed by atoms with van der Waals surface area (Å²) in [4.78, 5) is 11.6. The molecule has 1 unspecified atom stereocenters. The van der Waals surface area contributed by atoms with Gasteiger partial charge in [-0.25, -0.2) is 0 Å². The van der Waals surface area contributed by atoms with Crippen LogP contribution in [0, 0.1) is 17.2 Å². The Labute approximate surface area is 119 Å². The summed E-state index contributed by atoms with van der Waals surface area (Å²) in [7, 11) is 0. The lowest BCUT2D eigenvalue weighted by atomic mass is 10.1. The van der Waals surface area contributed by atoms with Gasteiger partial charge in [0.2, 0.25) is 5.91 Å². The average Bonchev–Trinajstić information content (AvgIpc) is 2.42. The average molecular weight is 275 g/mol. The smallest absolute Gasteiger partial charge is 0.239 e. The van der Waals surface area contributed by atoms with Crippen molar-refractivity contribution in [3.05, 3.63) is 29.8 Å². The van der Waals surface area contributed by atoms with E-state index in [1.165, 1.54) is 0 Å². The highest BCUT2D eigenvalue weighted by Crippen LogP contribution is 2.08. The van der Waals surface area contributed by atoms with Crippen molar-refractivity contribution < 1.29 is 9.90 Å². The van der Waals surface area contributed by atoms with E-state index >= 15 is 0 Å². The molecule has 3 N–H and O–H groups in total. The van der Waals surface area contributed by atoms with E-state index in [1.807, 2.05) is 19.9 Å². The summed E-state index contributed by atoms with van der Waals surface area (Å²) >= 11 is 0. The molecule has 5 heteroatoms. The fourth-order valence-electron chi connectivity index (χ4n) is 1.77. The molecular weight excluding hydrogens is 254 g/mol. The molecule has 5 nitrogen and oxygen atoms in total. The highest BCUT2D eigenvalue weighted by atomic mass is 16.3. The van der Waals surface area contributed by atoms with E-state index in [0.29, 0.717) is 17.9 Å². The van der Waals surface area contributed by atoms with E-state index in [9.17, 15) is 9.90 Å². The second-order valence-electron chi connectivity index (χ2n) is 5.13. The molecule has 1 atom stereocenters. The van der Waals surface area contributed by atoms with E-state index < -0.39 is 6.10 Å². The van der Waals surface area contributed by atoms with Crippen molar-refractivity contribution in [3.8, 4) is 6.07 Å². The molecule has 1 aromatic rings. The number of nitriles is 1. The van der Waals surface area contributed by atoms with E-state index in [1.54, 1.807) is 24.3 Å². The third-order valence-electron chi connectivity index (χ3n) is 2.75. The number of nitrogens with one attached hydrogen (secondary N) is 2. The zero-order valence-electron chi connectivity index (χ0n) is 11.9. The third kappa shape index (κ3) is 6.21. The third-order valence-corrected chi connectivity index (χ3v) is 2.75. The first-order valence-corrected chi connectivity index (χ1v) is 6.70. The highest BCUT2D eigenvalue weighted by Gasteiger charge is 2.08. The van der Waals surface area contributed by atoms with Crippen LogP contribution in [0.2, 0.25) is 0 Å². The van der Waals surface area contributed by atoms with Gasteiger partial charge in [-0.3, -0.25) is 4.79 Å². The summed E-state index contributed by atoms with van der Waals surface area (Å²) in [5.74, 6) is 0.232. The van der Waals surface area contributed by atoms with Crippen molar-refractivity contribution in [2.75, 3.05) is 18.4 Å². The zero-order valence-corrected chi connectivity index (χ0v) is 11.9. The van der Waals surface area contributed by atoms with Crippen molar-refractivity contribution in [1.29, 1.82) is 5.26 Å². The van der Waals surface area contributed by atoms with Crippen molar-refractivity contribution in [2.24, 2.45) is 5.92 Å². The Morgan fingerprint density at radius 2 is 2.00 bits per heavy atom. The summed E-state index contributed by atoms with van der Waals surface area (Å²) in [6, 6.07) is 8.91. The number of aliphatic hydroxyl groups is 1. The van der Waals surface area contributed by atoms with Crippen LogP contribution >= 0.6 is 0 Å². The zero-order chi connectivity index (χ0) is 15.0. The Morgan fingerprint density at radius 3 is 2.55 bits per heavy atom. The van der Waals surface area contributed by atoms with E-state index in [4.69, 9.17) is 5.26 Å². The van der Waals surface area contributed by atoms with Crippen LogP contribution in [0.5, 0.6) is 0 Å². The molecule has 1 aromatic carbocycles. The maximum Gasteiger partial charge on any atom is 0.239 e. The molecule has 0 fully saturated rings. The van der Waals surface area contributed by atoms with E-state index in [0.717, 1.165) is 5.69 Å². The molecular formula is C15H21N3O2. The topological polar surface area (TPSA) is 85.2 Å². The predicted molar refractivity (Wildman–Crippen MR) is 78.1 cm³/mol. The second kappa shape index (κ2) is 8.18. The molecule has 0 aliphatic rings. The van der Waals surface area contributed by atoms with Crippen LogP contribution in [-0.2, 0) is 4.79 Å². The van der Waals surface area contributed by atoms with Crippen molar-refractivity contribution in [3.63, 3.8) is 0 Å². The Kier molecular flexibility index (Phi) is 6.54. The fourth-order valence-corrected chi connectivity index (χ4v) is 1.77. The minimum atomic E-state index is -0.506. The standard InChI is InChI=1S/C15H21N3O2/c1-11(2)7-14(19)9-18-15(20)10-17-13-5-3-12(8-16)4-6-13/h3-6,11,14,17,19H,7,9-10H2,1-2H3,(H,18,20). The fraction of sp³-hybridized carbons (Fsp3) is 0.467. The number of benzene rings is 1. The van der Waals surface area contributed by atoms with Crippen LogP contribution in [-0.4, -0.2) is 30.2 Å². The monoisotopic (exact) mass is 275 g/mol. The van der Waals surface area contributed by atoms with Gasteiger partial charge in [-0.15, -0.1) is 0 Å². The van der Waals surface area contributed by atoms with Gasteiger partial charge in [-0.05, 0) is 36.6 Å². The number of aliphatic hydroxyl groups excluding tert-OH is 1. The van der Waals surface area contributed by atoms with Crippen LogP contribution in [0.3, 0.4) is 0 Å². The summed E-state index contributed by atoms with van der Waals surface area (Å²) in [5, 5.41) is 24.0. The molecule has 1 amide bonds. The summed E-state index contributed by atoms with van der Waals surface area (Å²) < 4.78 is 0. The summed E-state index contributed by atoms with van der Waals surface area (Å²) in [6.07, 6.45) is 0.164. The molecule has 0 aromatic heterocycles. The first-order valence-electron chi connectivity index (χ1n) is 6.70. The van der Waals surface area contributed by atoms with Gasteiger partial charge >= 0.3 is 0 Å². The quantitative estimate of drug-likeness (QED) is 0.704. The van der Waals surface area contributed by atoms with Crippen molar-refractivity contribution in [1.82, 2.24) is 5.32 Å². The minimum absolute atomic E-state index is 0.139. The number of anilines is 1. The first-order chi connectivity index (χ1) is 9.51. The number of amides is 1. The van der Waals surface area contributed by atoms with Gasteiger partial charge < -0.3 is 15.7 Å². The van der Waals surface area contributed by atoms with Crippen LogP contribution in [0.15, 0.2) is 24.3 Å². The molecule has 0 saturated heterocycles. The molecule has 0 radical (unpaired) electrons. The Hall–Kier alpha value is -2.06. The summed E-state index contributed by atoms with van der Waals surface area (Å²) in [6.45, 7) is 4.46. The van der Waals surface area contributed by atoms with Crippen LogP contribution in [0.1, 0.15) is 25.8 Å². The maximum absolute atomic E-state index is 11.6. The minimum Gasteiger partial charge on any atom is -0.391 e. The molecule has 20 heavy (non-hydrogen) atoms. The van der Waals surface area contributed by atoms with Crippen molar-refractivity contribution >= 4 is 11.6 Å². The number of rotatable bonds is 7. The number of hydrogen-bond donors (Lipinski definition) is 3. The van der Waals surface area contributed by atoms with Crippen LogP contribution in [0.25, 0.3) is 0 Å². The Balaban J connectivity index is 2.27. The second-order valence-corrected chi connectivity index (χ2v) is 5.13. The van der Waals surface area contributed by atoms with Gasteiger partial charge in [-0.1, -0.05) is 13.8 Å². The normalized spacial score (nSPS) is 11.8. The van der Waals surface area contributed by atoms with Gasteiger partial charge in [-0.2, -0.15) is 5.26 Å². The molecule has 0 saturated carbocycles. The van der Waals surface area contributed by atoms with Crippen LogP contribution in [0.4, 0.5) is 5.69 Å². The van der Waals surface area contributed by atoms with Gasteiger partial charge in [0.1, 0.15) is 0 Å². The first kappa shape index (κ1) is 16.0. The largest absolute Gasteiger partial charge is 0.391 e. The maximum atomic E-state index is 11.6. The molecule has 108 valence electrons. The van der Waals surface area contributed by atoms with E-state index in [2.05, 4.69) is 10.6 Å². The Morgan fingerprint density at radius 1 is 1.35 bits per heavy atom. The van der Waals surface area contributed by atoms with Gasteiger partial charge in [0.05, 0.1) is 24.3 Å². The molecule has 0 aliphatic heterocycles. The number of carbonyl (C=O) groups is 1. The number of hydrogen-bond acceptors (Lipinski definition) is 4. The predicted octanol–water partition coefficient (Wildman–Crippen LogP) is 1.49. The summed E-state index contributed by atoms with van der Waals surface area (Å²) in [5.41, 5.74) is 1.36. The lowest BCUT2D eigenvalue weighted by Crippen LogP contribution is -2.36. The Bertz CT molecular complexity index is 463. The SMILES string of the molecule is CC(C)CC(O)CNC(=O)CNc1ccc(C#N)cc1. The van der Waals surface area contributed by atoms with Crippen LogP contribution < -0.4 is 10.6 Å². The lowest BCUT2D eigenvalue weighted by Gasteiger charge is -2.14. The molecule has 0 aliphatic carbocycles. The highest BCUT2D eigenvalue weighted by molar-refractivity contribution is 5.80. The molecule has 1 rings (SSSR count). The number of carbonyl (C=O) groups excluding carboxylic acids is 1. The lowest BCUT2D eigenvalue weighted by molar-refractivity contribution is -0.119. The molecule has 0 spiro atoms. The van der Waals surface area contributed by atoms with E-state index in [-0.39, 0.29) is 19.0 Å². The molecule has 0 heterocycles.